The first-order chi connectivity index (χ1) is 12.2. The minimum atomic E-state index is -1.17. The predicted molar refractivity (Wildman–Crippen MR) is 93.2 cm³/mol. The summed E-state index contributed by atoms with van der Waals surface area (Å²) < 4.78 is 11.6. The van der Waals surface area contributed by atoms with Crippen molar-refractivity contribution in [1.82, 2.24) is 10.1 Å². The Morgan fingerprint density at radius 1 is 0.720 bits per heavy atom. The first kappa shape index (κ1) is 17.3. The molecule has 1 unspecified atom stereocenters. The van der Waals surface area contributed by atoms with Crippen LogP contribution in [0, 0.1) is 0 Å². The van der Waals surface area contributed by atoms with E-state index >= 15 is 0 Å². The molecule has 1 heterocycles. The molecule has 0 fully saturated rings. The van der Waals surface area contributed by atoms with E-state index in [1.165, 1.54) is 0 Å². The number of benzene rings is 2. The van der Waals surface area contributed by atoms with E-state index < -0.39 is 5.85 Å². The maximum Gasteiger partial charge on any atom is 0.297 e. The number of hydrogen-bond donors (Lipinski definition) is 0. The van der Waals surface area contributed by atoms with Crippen molar-refractivity contribution in [3.63, 3.8) is 0 Å². The maximum absolute atomic E-state index is 5.96. The maximum atomic E-state index is 5.96. The summed E-state index contributed by atoms with van der Waals surface area (Å²) in [6, 6.07) is 19.5. The van der Waals surface area contributed by atoms with Gasteiger partial charge in [0.1, 0.15) is 5.70 Å². The van der Waals surface area contributed by atoms with Crippen LogP contribution in [0.25, 0.3) is 5.70 Å². The molecule has 0 radical (unpaired) electrons. The third kappa shape index (κ3) is 2.55. The standard InChI is InChI=1S/C19H22N2O4/c1-22-18-17(15-11-7-5-8-12-15)20(24-3)19(23-2,21(18)25-4)16-13-9-6-10-14-16/h5-14H,1-4H3. The average Bonchev–Trinajstić information content (AvgIpc) is 2.98. The van der Waals surface area contributed by atoms with Crippen LogP contribution in [0.5, 0.6) is 0 Å². The van der Waals surface area contributed by atoms with Gasteiger partial charge in [0.15, 0.2) is 0 Å². The first-order valence-electron chi connectivity index (χ1n) is 7.87. The zero-order valence-corrected chi connectivity index (χ0v) is 14.8. The molecule has 0 aromatic heterocycles. The van der Waals surface area contributed by atoms with E-state index in [0.717, 1.165) is 11.1 Å². The van der Waals surface area contributed by atoms with Gasteiger partial charge < -0.3 is 9.47 Å². The lowest BCUT2D eigenvalue weighted by Gasteiger charge is -2.41. The number of methoxy groups -OCH3 is 2. The lowest BCUT2D eigenvalue weighted by molar-refractivity contribution is -0.380. The second-order valence-corrected chi connectivity index (χ2v) is 5.36. The highest BCUT2D eigenvalue weighted by atomic mass is 16.8. The number of hydrogen-bond acceptors (Lipinski definition) is 6. The molecule has 6 nitrogen and oxygen atoms in total. The van der Waals surface area contributed by atoms with Crippen LogP contribution in [0.1, 0.15) is 11.1 Å². The SMILES string of the molecule is COC1=C(c2ccccc2)N(OC)C(OC)(c2ccccc2)N1OC. The van der Waals surface area contributed by atoms with Crippen LogP contribution in [-0.4, -0.2) is 38.6 Å². The molecule has 0 saturated heterocycles. The number of hydroxylamine groups is 4. The third-order valence-electron chi connectivity index (χ3n) is 4.18. The van der Waals surface area contributed by atoms with E-state index in [4.69, 9.17) is 19.1 Å². The van der Waals surface area contributed by atoms with Crippen LogP contribution in [0.4, 0.5) is 0 Å². The molecule has 25 heavy (non-hydrogen) atoms. The Hall–Kier alpha value is -2.54. The van der Waals surface area contributed by atoms with Crippen LogP contribution in [-0.2, 0) is 25.0 Å². The van der Waals surface area contributed by atoms with E-state index in [-0.39, 0.29) is 0 Å². The van der Waals surface area contributed by atoms with Gasteiger partial charge >= 0.3 is 0 Å². The quantitative estimate of drug-likeness (QED) is 0.803. The van der Waals surface area contributed by atoms with Crippen molar-refractivity contribution in [3.05, 3.63) is 77.7 Å². The minimum absolute atomic E-state index is 0.487. The molecule has 0 saturated carbocycles. The lowest BCUT2D eigenvalue weighted by Crippen LogP contribution is -2.52. The van der Waals surface area contributed by atoms with Gasteiger partial charge in [-0.2, -0.15) is 10.1 Å². The van der Waals surface area contributed by atoms with Gasteiger partial charge in [-0.3, -0.25) is 9.68 Å². The van der Waals surface area contributed by atoms with Gasteiger partial charge in [0, 0.05) is 18.2 Å². The lowest BCUT2D eigenvalue weighted by atomic mass is 10.1. The highest BCUT2D eigenvalue weighted by molar-refractivity contribution is 5.68. The van der Waals surface area contributed by atoms with Crippen LogP contribution in [0.2, 0.25) is 0 Å². The second kappa shape index (κ2) is 7.14. The summed E-state index contributed by atoms with van der Waals surface area (Å²) >= 11 is 0. The van der Waals surface area contributed by atoms with Crippen molar-refractivity contribution in [2.24, 2.45) is 0 Å². The normalized spacial score (nSPS) is 20.3. The monoisotopic (exact) mass is 342 g/mol. The van der Waals surface area contributed by atoms with Gasteiger partial charge in [0.05, 0.1) is 21.3 Å². The predicted octanol–water partition coefficient (Wildman–Crippen LogP) is 3.16. The Bertz CT molecular complexity index is 736. The number of nitrogens with zero attached hydrogens (tertiary/aromatic N) is 2. The topological polar surface area (TPSA) is 43.4 Å². The van der Waals surface area contributed by atoms with Crippen LogP contribution < -0.4 is 0 Å². The zero-order chi connectivity index (χ0) is 17.9. The molecule has 1 atom stereocenters. The molecule has 1 aliphatic heterocycles. The Labute approximate surface area is 147 Å². The molecule has 0 amide bonds. The molecule has 1 aliphatic rings. The highest BCUT2D eigenvalue weighted by Gasteiger charge is 2.56. The molecule has 132 valence electrons. The molecule has 3 rings (SSSR count). The van der Waals surface area contributed by atoms with Crippen molar-refractivity contribution >= 4 is 5.70 Å². The molecular weight excluding hydrogens is 320 g/mol. The van der Waals surface area contributed by atoms with Crippen molar-refractivity contribution < 1.29 is 19.1 Å². The van der Waals surface area contributed by atoms with Crippen molar-refractivity contribution in [1.29, 1.82) is 0 Å². The Balaban J connectivity index is 2.25. The Morgan fingerprint density at radius 3 is 1.76 bits per heavy atom. The van der Waals surface area contributed by atoms with Crippen molar-refractivity contribution in [3.8, 4) is 0 Å². The smallest absolute Gasteiger partial charge is 0.297 e. The summed E-state index contributed by atoms with van der Waals surface area (Å²) in [7, 11) is 6.35. The van der Waals surface area contributed by atoms with E-state index in [9.17, 15) is 0 Å². The Kier molecular flexibility index (Phi) is 4.94. The zero-order valence-electron chi connectivity index (χ0n) is 14.8. The van der Waals surface area contributed by atoms with Gasteiger partial charge in [0.25, 0.3) is 5.85 Å². The molecule has 2 aromatic rings. The van der Waals surface area contributed by atoms with E-state index in [1.54, 1.807) is 38.6 Å². The second-order valence-electron chi connectivity index (χ2n) is 5.36. The summed E-state index contributed by atoms with van der Waals surface area (Å²) in [5.41, 5.74) is 2.46. The van der Waals surface area contributed by atoms with Gasteiger partial charge in [-0.1, -0.05) is 60.7 Å². The molecule has 6 heteroatoms. The summed E-state index contributed by atoms with van der Waals surface area (Å²) in [5.74, 6) is -0.678. The minimum Gasteiger partial charge on any atom is -0.479 e. The molecule has 0 N–H and O–H groups in total. The van der Waals surface area contributed by atoms with Gasteiger partial charge in [0.2, 0.25) is 5.88 Å². The van der Waals surface area contributed by atoms with Crippen LogP contribution in [0.15, 0.2) is 66.5 Å². The summed E-state index contributed by atoms with van der Waals surface area (Å²) in [6.45, 7) is 0. The van der Waals surface area contributed by atoms with E-state index in [0.29, 0.717) is 11.6 Å². The molecular formula is C19H22N2O4. The van der Waals surface area contributed by atoms with Crippen molar-refractivity contribution in [2.75, 3.05) is 28.4 Å². The fourth-order valence-corrected chi connectivity index (χ4v) is 3.17. The number of ether oxygens (including phenoxy) is 2. The number of rotatable bonds is 6. The molecule has 0 spiro atoms. The summed E-state index contributed by atoms with van der Waals surface area (Å²) in [4.78, 5) is 11.4. The average molecular weight is 342 g/mol. The Morgan fingerprint density at radius 2 is 1.28 bits per heavy atom. The molecule has 0 aliphatic carbocycles. The molecule has 2 aromatic carbocycles. The highest BCUT2D eigenvalue weighted by Crippen LogP contribution is 2.48. The fourth-order valence-electron chi connectivity index (χ4n) is 3.17. The van der Waals surface area contributed by atoms with Gasteiger partial charge in [-0.05, 0) is 0 Å². The van der Waals surface area contributed by atoms with Gasteiger partial charge in [-0.25, -0.2) is 0 Å². The van der Waals surface area contributed by atoms with E-state index in [1.807, 2.05) is 60.7 Å². The summed E-state index contributed by atoms with van der Waals surface area (Å²) in [6.07, 6.45) is 0. The molecule has 0 bridgehead atoms. The first-order valence-corrected chi connectivity index (χ1v) is 7.87. The van der Waals surface area contributed by atoms with Crippen molar-refractivity contribution in [2.45, 2.75) is 5.85 Å². The van der Waals surface area contributed by atoms with Gasteiger partial charge in [-0.15, -0.1) is 0 Å². The van der Waals surface area contributed by atoms with Crippen LogP contribution >= 0.6 is 0 Å². The largest absolute Gasteiger partial charge is 0.479 e. The van der Waals surface area contributed by atoms with Crippen LogP contribution in [0.3, 0.4) is 0 Å². The summed E-state index contributed by atoms with van der Waals surface area (Å²) in [5, 5.41) is 3.22. The third-order valence-corrected chi connectivity index (χ3v) is 4.18. The fraction of sp³-hybridized carbons (Fsp3) is 0.263. The van der Waals surface area contributed by atoms with E-state index in [2.05, 4.69) is 0 Å².